The first kappa shape index (κ1) is 14.4. The fraction of sp³-hybridized carbons (Fsp3) is 0.917. The molecule has 0 radical (unpaired) electrons. The van der Waals surface area contributed by atoms with Crippen LogP contribution in [0.15, 0.2) is 0 Å². The maximum atomic E-state index is 11.6. The lowest BCUT2D eigenvalue weighted by Crippen LogP contribution is -2.40. The van der Waals surface area contributed by atoms with Crippen LogP contribution in [-0.2, 0) is 19.0 Å². The predicted molar refractivity (Wildman–Crippen MR) is 63.3 cm³/mol. The molecule has 0 aromatic heterocycles. The van der Waals surface area contributed by atoms with E-state index < -0.39 is 17.4 Å². The highest BCUT2D eigenvalue weighted by Gasteiger charge is 2.37. The van der Waals surface area contributed by atoms with Gasteiger partial charge in [0.15, 0.2) is 5.79 Å². The largest absolute Gasteiger partial charge is 0.460 e. The molecule has 0 amide bonds. The summed E-state index contributed by atoms with van der Waals surface area (Å²) in [6.07, 6.45) is -0.112. The second-order valence-electron chi connectivity index (χ2n) is 5.82. The van der Waals surface area contributed by atoms with Gasteiger partial charge in [0.25, 0.3) is 0 Å². The molecule has 1 aliphatic heterocycles. The van der Waals surface area contributed by atoms with Gasteiger partial charge in [0, 0.05) is 6.04 Å². The Hall–Kier alpha value is -0.650. The smallest absolute Gasteiger partial charge is 0.307 e. The highest BCUT2D eigenvalue weighted by Crippen LogP contribution is 2.24. The lowest BCUT2D eigenvalue weighted by Gasteiger charge is -2.23. The molecule has 2 atom stereocenters. The van der Waals surface area contributed by atoms with Crippen LogP contribution < -0.4 is 5.73 Å². The molecule has 0 aromatic carbocycles. The summed E-state index contributed by atoms with van der Waals surface area (Å²) in [6.45, 7) is 9.55. The number of rotatable bonds is 3. The first-order valence-corrected chi connectivity index (χ1v) is 5.88. The third-order valence-electron chi connectivity index (χ3n) is 2.33. The van der Waals surface area contributed by atoms with Gasteiger partial charge in [-0.3, -0.25) is 4.79 Å². The zero-order chi connectivity index (χ0) is 13.3. The first-order chi connectivity index (χ1) is 7.59. The quantitative estimate of drug-likeness (QED) is 0.756. The molecule has 5 nitrogen and oxygen atoms in total. The van der Waals surface area contributed by atoms with E-state index in [4.69, 9.17) is 19.9 Å². The van der Waals surface area contributed by atoms with Crippen LogP contribution in [0.5, 0.6) is 0 Å². The van der Waals surface area contributed by atoms with Crippen molar-refractivity contribution >= 4 is 5.97 Å². The molecule has 1 aliphatic rings. The molecule has 0 aliphatic carbocycles. The van der Waals surface area contributed by atoms with E-state index in [9.17, 15) is 4.79 Å². The highest BCUT2D eigenvalue weighted by atomic mass is 16.7. The topological polar surface area (TPSA) is 70.8 Å². The lowest BCUT2D eigenvalue weighted by molar-refractivity contribution is -0.158. The third kappa shape index (κ3) is 5.02. The van der Waals surface area contributed by atoms with Gasteiger partial charge in [-0.25, -0.2) is 0 Å². The third-order valence-corrected chi connectivity index (χ3v) is 2.33. The molecule has 1 saturated heterocycles. The Kier molecular flexibility index (Phi) is 4.17. The molecule has 1 fully saturated rings. The fourth-order valence-electron chi connectivity index (χ4n) is 1.63. The molecule has 0 unspecified atom stereocenters. The van der Waals surface area contributed by atoms with Crippen LogP contribution in [0, 0.1) is 0 Å². The van der Waals surface area contributed by atoms with Crippen LogP contribution in [0.3, 0.4) is 0 Å². The molecule has 0 bridgehead atoms. The van der Waals surface area contributed by atoms with E-state index in [0.29, 0.717) is 6.61 Å². The van der Waals surface area contributed by atoms with Crippen LogP contribution in [0.2, 0.25) is 0 Å². The molecular formula is C12H23NO4. The van der Waals surface area contributed by atoms with E-state index in [1.807, 2.05) is 34.6 Å². The van der Waals surface area contributed by atoms with Gasteiger partial charge in [0.05, 0.1) is 19.1 Å². The van der Waals surface area contributed by atoms with Gasteiger partial charge in [-0.1, -0.05) is 0 Å². The Balaban J connectivity index is 2.40. The van der Waals surface area contributed by atoms with Crippen molar-refractivity contribution in [2.45, 2.75) is 64.6 Å². The highest BCUT2D eigenvalue weighted by molar-refractivity contribution is 5.70. The standard InChI is InChI=1S/C12H23NO4/c1-11(2,3)17-10(14)6-8(13)9-7-15-12(4,5)16-9/h8-9H,6-7,13H2,1-5H3/t8-,9-/m1/s1. The van der Waals surface area contributed by atoms with Crippen molar-refractivity contribution in [3.05, 3.63) is 0 Å². The Morgan fingerprint density at radius 2 is 2.12 bits per heavy atom. The minimum Gasteiger partial charge on any atom is -0.460 e. The minimum absolute atomic E-state index is 0.140. The number of carbonyl (C=O) groups is 1. The Morgan fingerprint density at radius 1 is 1.53 bits per heavy atom. The average molecular weight is 245 g/mol. The SMILES string of the molecule is CC(C)(C)OC(=O)C[C@@H](N)[C@H]1COC(C)(C)O1. The summed E-state index contributed by atoms with van der Waals surface area (Å²) < 4.78 is 16.2. The maximum Gasteiger partial charge on any atom is 0.307 e. The number of carbonyl (C=O) groups excluding carboxylic acids is 1. The van der Waals surface area contributed by atoms with Crippen LogP contribution >= 0.6 is 0 Å². The van der Waals surface area contributed by atoms with E-state index in [-0.39, 0.29) is 18.5 Å². The van der Waals surface area contributed by atoms with E-state index in [2.05, 4.69) is 0 Å². The van der Waals surface area contributed by atoms with Gasteiger partial charge in [0.2, 0.25) is 0 Å². The van der Waals surface area contributed by atoms with Crippen molar-refractivity contribution in [2.24, 2.45) is 5.73 Å². The summed E-state index contributed by atoms with van der Waals surface area (Å²) >= 11 is 0. The molecule has 0 aromatic rings. The predicted octanol–water partition coefficient (Wildman–Crippen LogP) is 1.20. The summed E-state index contributed by atoms with van der Waals surface area (Å²) in [6, 6.07) is -0.397. The minimum atomic E-state index is -0.615. The van der Waals surface area contributed by atoms with Crippen LogP contribution in [-0.4, -0.2) is 36.1 Å². The van der Waals surface area contributed by atoms with Crippen molar-refractivity contribution in [2.75, 3.05) is 6.61 Å². The van der Waals surface area contributed by atoms with Gasteiger partial charge in [0.1, 0.15) is 5.60 Å². The van der Waals surface area contributed by atoms with Gasteiger partial charge in [-0.2, -0.15) is 0 Å². The number of hydrogen-bond donors (Lipinski definition) is 1. The summed E-state index contributed by atoms with van der Waals surface area (Å²) in [4.78, 5) is 11.6. The Bertz CT molecular complexity index is 283. The van der Waals surface area contributed by atoms with E-state index in [1.165, 1.54) is 0 Å². The number of ether oxygens (including phenoxy) is 3. The van der Waals surface area contributed by atoms with Gasteiger partial charge >= 0.3 is 5.97 Å². The summed E-state index contributed by atoms with van der Waals surface area (Å²) in [7, 11) is 0. The Labute approximate surface area is 103 Å². The second kappa shape index (κ2) is 4.92. The van der Waals surface area contributed by atoms with E-state index >= 15 is 0 Å². The van der Waals surface area contributed by atoms with Gasteiger partial charge in [-0.05, 0) is 34.6 Å². The van der Waals surface area contributed by atoms with Crippen molar-refractivity contribution in [1.82, 2.24) is 0 Å². The van der Waals surface area contributed by atoms with Crippen LogP contribution in [0.1, 0.15) is 41.0 Å². The molecule has 0 saturated carbocycles. The zero-order valence-corrected chi connectivity index (χ0v) is 11.3. The molecule has 5 heteroatoms. The summed E-state index contributed by atoms with van der Waals surface area (Å²) in [5.74, 6) is -0.922. The summed E-state index contributed by atoms with van der Waals surface area (Å²) in [5, 5.41) is 0. The molecule has 1 heterocycles. The average Bonchev–Trinajstić information content (AvgIpc) is 2.42. The number of hydrogen-bond acceptors (Lipinski definition) is 5. The van der Waals surface area contributed by atoms with Gasteiger partial charge in [-0.15, -0.1) is 0 Å². The Morgan fingerprint density at radius 3 is 2.53 bits per heavy atom. The molecule has 0 spiro atoms. The van der Waals surface area contributed by atoms with Crippen molar-refractivity contribution in [1.29, 1.82) is 0 Å². The molecule has 2 N–H and O–H groups in total. The molecular weight excluding hydrogens is 222 g/mol. The van der Waals surface area contributed by atoms with Gasteiger partial charge < -0.3 is 19.9 Å². The monoisotopic (exact) mass is 245 g/mol. The van der Waals surface area contributed by atoms with Crippen molar-refractivity contribution in [3.8, 4) is 0 Å². The molecule has 100 valence electrons. The van der Waals surface area contributed by atoms with E-state index in [1.54, 1.807) is 0 Å². The van der Waals surface area contributed by atoms with Crippen molar-refractivity contribution < 1.29 is 19.0 Å². The van der Waals surface area contributed by atoms with E-state index in [0.717, 1.165) is 0 Å². The second-order valence-corrected chi connectivity index (χ2v) is 5.82. The van der Waals surface area contributed by atoms with Crippen LogP contribution in [0.25, 0.3) is 0 Å². The number of esters is 1. The maximum absolute atomic E-state index is 11.6. The summed E-state index contributed by atoms with van der Waals surface area (Å²) in [5.41, 5.74) is 5.43. The van der Waals surface area contributed by atoms with Crippen LogP contribution in [0.4, 0.5) is 0 Å². The fourth-order valence-corrected chi connectivity index (χ4v) is 1.63. The zero-order valence-electron chi connectivity index (χ0n) is 11.3. The first-order valence-electron chi connectivity index (χ1n) is 5.88. The van der Waals surface area contributed by atoms with Crippen molar-refractivity contribution in [3.63, 3.8) is 0 Å². The lowest BCUT2D eigenvalue weighted by atomic mass is 10.1. The number of nitrogens with two attached hydrogens (primary N) is 1. The molecule has 17 heavy (non-hydrogen) atoms. The molecule has 1 rings (SSSR count). The normalized spacial score (nSPS) is 25.6.